The average molecular weight is 154 g/mol. The van der Waals surface area contributed by atoms with E-state index in [0.29, 0.717) is 12.2 Å². The van der Waals surface area contributed by atoms with Crippen molar-refractivity contribution in [1.29, 1.82) is 0 Å². The molecule has 0 aliphatic heterocycles. The molecular weight excluding hydrogens is 144 g/mol. The van der Waals surface area contributed by atoms with E-state index < -0.39 is 0 Å². The second-order valence-corrected chi connectivity index (χ2v) is 2.51. The fraction of sp³-hybridized carbons (Fsp3) is 0.667. The smallest absolute Gasteiger partial charge is 0.175 e. The number of carbonyl (C=O) groups excluding carboxylic acids is 1. The summed E-state index contributed by atoms with van der Waals surface area (Å²) in [6.45, 7) is 1.82. The molecule has 1 atom stereocenters. The number of hydrogen-bond donors (Lipinski definition) is 0. The summed E-state index contributed by atoms with van der Waals surface area (Å²) in [7, 11) is 1.70. The molecule has 0 amide bonds. The lowest BCUT2D eigenvalue weighted by Crippen LogP contribution is -2.02. The number of aromatic nitrogens is 4. The van der Waals surface area contributed by atoms with Crippen LogP contribution in [0.15, 0.2) is 0 Å². The number of hydrogen-bond acceptors (Lipinski definition) is 4. The molecule has 0 saturated heterocycles. The van der Waals surface area contributed by atoms with Crippen molar-refractivity contribution < 1.29 is 4.79 Å². The highest BCUT2D eigenvalue weighted by atomic mass is 16.1. The molecule has 1 heterocycles. The van der Waals surface area contributed by atoms with Gasteiger partial charge in [-0.2, -0.15) is 4.80 Å². The molecule has 1 unspecified atom stereocenters. The lowest BCUT2D eigenvalue weighted by molar-refractivity contribution is -0.110. The van der Waals surface area contributed by atoms with Gasteiger partial charge < -0.3 is 4.79 Å². The molecule has 0 radical (unpaired) electrons. The molecule has 0 fully saturated rings. The van der Waals surface area contributed by atoms with Crippen molar-refractivity contribution in [2.75, 3.05) is 0 Å². The van der Waals surface area contributed by atoms with E-state index in [1.807, 2.05) is 6.92 Å². The summed E-state index contributed by atoms with van der Waals surface area (Å²) in [5.41, 5.74) is 0. The molecule has 1 aromatic rings. The van der Waals surface area contributed by atoms with Crippen molar-refractivity contribution in [1.82, 2.24) is 20.2 Å². The van der Waals surface area contributed by atoms with Crippen molar-refractivity contribution in [3.63, 3.8) is 0 Å². The van der Waals surface area contributed by atoms with Crippen LogP contribution in [-0.2, 0) is 18.3 Å². The maximum absolute atomic E-state index is 10.2. The van der Waals surface area contributed by atoms with Crippen molar-refractivity contribution in [3.05, 3.63) is 5.82 Å². The number of aldehydes is 1. The molecule has 0 aromatic carbocycles. The normalized spacial score (nSPS) is 12.9. The van der Waals surface area contributed by atoms with Crippen LogP contribution in [-0.4, -0.2) is 26.5 Å². The summed E-state index contributed by atoms with van der Waals surface area (Å²) in [5, 5.41) is 11.3. The second kappa shape index (κ2) is 3.23. The van der Waals surface area contributed by atoms with Crippen LogP contribution in [0, 0.1) is 5.92 Å². The van der Waals surface area contributed by atoms with Crippen LogP contribution in [0.4, 0.5) is 0 Å². The fourth-order valence-electron chi connectivity index (χ4n) is 0.741. The molecule has 0 bridgehead atoms. The second-order valence-electron chi connectivity index (χ2n) is 2.51. The van der Waals surface area contributed by atoms with Gasteiger partial charge in [-0.05, 0) is 5.21 Å². The Bertz CT molecular complexity index is 244. The Balaban J connectivity index is 2.57. The van der Waals surface area contributed by atoms with E-state index in [2.05, 4.69) is 15.4 Å². The van der Waals surface area contributed by atoms with E-state index in [-0.39, 0.29) is 5.92 Å². The Morgan fingerprint density at radius 3 is 2.91 bits per heavy atom. The van der Waals surface area contributed by atoms with Gasteiger partial charge in [-0.25, -0.2) is 0 Å². The van der Waals surface area contributed by atoms with Gasteiger partial charge in [-0.3, -0.25) is 0 Å². The Kier molecular flexibility index (Phi) is 2.30. The summed E-state index contributed by atoms with van der Waals surface area (Å²) in [6.07, 6.45) is 1.45. The van der Waals surface area contributed by atoms with Crippen LogP contribution in [0.2, 0.25) is 0 Å². The number of aryl methyl sites for hydroxylation is 1. The van der Waals surface area contributed by atoms with Crippen LogP contribution in [0.3, 0.4) is 0 Å². The number of carbonyl (C=O) groups is 1. The van der Waals surface area contributed by atoms with E-state index in [1.54, 1.807) is 7.05 Å². The zero-order valence-corrected chi connectivity index (χ0v) is 6.56. The van der Waals surface area contributed by atoms with Gasteiger partial charge in [0.05, 0.1) is 7.05 Å². The molecule has 0 aliphatic carbocycles. The molecule has 11 heavy (non-hydrogen) atoms. The molecule has 1 rings (SSSR count). The molecule has 0 saturated carbocycles. The van der Waals surface area contributed by atoms with Gasteiger partial charge in [0.25, 0.3) is 0 Å². The molecule has 0 aliphatic rings. The zero-order valence-electron chi connectivity index (χ0n) is 6.56. The predicted molar refractivity (Wildman–Crippen MR) is 37.7 cm³/mol. The minimum atomic E-state index is -0.0285. The molecule has 1 aromatic heterocycles. The standard InChI is InChI=1S/C6H10N4O/c1-5(4-11)3-6-7-9-10(2)8-6/h4-5H,3H2,1-2H3. The van der Waals surface area contributed by atoms with Crippen molar-refractivity contribution in [2.24, 2.45) is 13.0 Å². The van der Waals surface area contributed by atoms with Crippen LogP contribution < -0.4 is 0 Å². The number of rotatable bonds is 3. The average Bonchev–Trinajstić information content (AvgIpc) is 2.35. The Labute approximate surface area is 64.4 Å². The highest BCUT2D eigenvalue weighted by Gasteiger charge is 2.05. The third kappa shape index (κ3) is 2.10. The lowest BCUT2D eigenvalue weighted by Gasteiger charge is -1.94. The van der Waals surface area contributed by atoms with E-state index >= 15 is 0 Å². The Hall–Kier alpha value is -1.26. The molecule has 5 nitrogen and oxygen atoms in total. The van der Waals surface area contributed by atoms with Crippen LogP contribution >= 0.6 is 0 Å². The molecule has 0 N–H and O–H groups in total. The van der Waals surface area contributed by atoms with E-state index in [9.17, 15) is 4.79 Å². The lowest BCUT2D eigenvalue weighted by atomic mass is 10.1. The highest BCUT2D eigenvalue weighted by Crippen LogP contribution is 1.97. The van der Waals surface area contributed by atoms with Gasteiger partial charge in [0, 0.05) is 12.3 Å². The minimum Gasteiger partial charge on any atom is -0.303 e. The van der Waals surface area contributed by atoms with Crippen molar-refractivity contribution in [3.8, 4) is 0 Å². The minimum absolute atomic E-state index is 0.0285. The highest BCUT2D eigenvalue weighted by molar-refractivity contribution is 5.53. The van der Waals surface area contributed by atoms with Gasteiger partial charge in [0.2, 0.25) is 0 Å². The third-order valence-corrected chi connectivity index (χ3v) is 1.29. The van der Waals surface area contributed by atoms with E-state index in [0.717, 1.165) is 6.29 Å². The first-order valence-electron chi connectivity index (χ1n) is 3.40. The van der Waals surface area contributed by atoms with Gasteiger partial charge in [-0.15, -0.1) is 10.2 Å². The maximum Gasteiger partial charge on any atom is 0.175 e. The summed E-state index contributed by atoms with van der Waals surface area (Å²) in [4.78, 5) is 11.6. The van der Waals surface area contributed by atoms with Crippen LogP contribution in [0.5, 0.6) is 0 Å². The van der Waals surface area contributed by atoms with Gasteiger partial charge in [0.1, 0.15) is 6.29 Å². The zero-order chi connectivity index (χ0) is 8.27. The maximum atomic E-state index is 10.2. The Morgan fingerprint density at radius 2 is 2.45 bits per heavy atom. The predicted octanol–water partition coefficient (Wildman–Crippen LogP) is -0.412. The molecule has 5 heteroatoms. The van der Waals surface area contributed by atoms with Gasteiger partial charge >= 0.3 is 0 Å². The molecule has 60 valence electrons. The first kappa shape index (κ1) is 7.84. The van der Waals surface area contributed by atoms with Gasteiger partial charge in [-0.1, -0.05) is 6.92 Å². The van der Waals surface area contributed by atoms with Crippen LogP contribution in [0.25, 0.3) is 0 Å². The summed E-state index contributed by atoms with van der Waals surface area (Å²) < 4.78 is 0. The Morgan fingerprint density at radius 1 is 1.73 bits per heavy atom. The third-order valence-electron chi connectivity index (χ3n) is 1.29. The van der Waals surface area contributed by atoms with Crippen molar-refractivity contribution in [2.45, 2.75) is 13.3 Å². The first-order valence-corrected chi connectivity index (χ1v) is 3.40. The first-order chi connectivity index (χ1) is 5.22. The topological polar surface area (TPSA) is 60.7 Å². The molecular formula is C6H10N4O. The van der Waals surface area contributed by atoms with Crippen LogP contribution in [0.1, 0.15) is 12.7 Å². The SMILES string of the molecule is CC(C=O)Cc1nnn(C)n1. The summed E-state index contributed by atoms with van der Waals surface area (Å²) in [6, 6.07) is 0. The summed E-state index contributed by atoms with van der Waals surface area (Å²) >= 11 is 0. The number of tetrazole rings is 1. The fourth-order valence-corrected chi connectivity index (χ4v) is 0.741. The quantitative estimate of drug-likeness (QED) is 0.555. The largest absolute Gasteiger partial charge is 0.303 e. The molecule has 0 spiro atoms. The van der Waals surface area contributed by atoms with E-state index in [4.69, 9.17) is 0 Å². The summed E-state index contributed by atoms with van der Waals surface area (Å²) in [5.74, 6) is 0.589. The van der Waals surface area contributed by atoms with Gasteiger partial charge in [0.15, 0.2) is 5.82 Å². The number of nitrogens with zero attached hydrogens (tertiary/aromatic N) is 4. The van der Waals surface area contributed by atoms with Crippen molar-refractivity contribution >= 4 is 6.29 Å². The monoisotopic (exact) mass is 154 g/mol. The van der Waals surface area contributed by atoms with E-state index in [1.165, 1.54) is 4.80 Å².